The third-order valence-corrected chi connectivity index (χ3v) is 5.51. The van der Waals surface area contributed by atoms with Gasteiger partial charge in [-0.1, -0.05) is 0 Å². The fourth-order valence-corrected chi connectivity index (χ4v) is 4.11. The van der Waals surface area contributed by atoms with E-state index >= 15 is 0 Å². The van der Waals surface area contributed by atoms with Crippen molar-refractivity contribution in [1.29, 1.82) is 0 Å². The van der Waals surface area contributed by atoms with Crippen molar-refractivity contribution >= 4 is 22.9 Å². The van der Waals surface area contributed by atoms with Gasteiger partial charge in [-0.2, -0.15) is 5.10 Å². The minimum absolute atomic E-state index is 0.208. The lowest BCUT2D eigenvalue weighted by Gasteiger charge is -2.23. The number of nitrogens with one attached hydrogen (secondary N) is 2. The zero-order chi connectivity index (χ0) is 21.6. The van der Waals surface area contributed by atoms with E-state index < -0.39 is 0 Å². The molecular weight excluding hydrogens is 394 g/mol. The molecule has 9 nitrogen and oxygen atoms in total. The maximum Gasteiger partial charge on any atom is 0.261 e. The number of nitrogens with two attached hydrogens (primary N) is 1. The topological polar surface area (TPSA) is 122 Å². The molecule has 1 aromatic carbocycles. The number of anilines is 2. The van der Waals surface area contributed by atoms with E-state index in [1.165, 1.54) is 6.20 Å². The number of benzene rings is 1. The zero-order valence-electron chi connectivity index (χ0n) is 17.3. The molecule has 3 aromatic rings. The molecule has 0 saturated carbocycles. The maximum atomic E-state index is 13.1. The lowest BCUT2D eigenvalue weighted by molar-refractivity contribution is -0.111. The van der Waals surface area contributed by atoms with Crippen LogP contribution >= 0.6 is 0 Å². The molecule has 158 valence electrons. The Morgan fingerprint density at radius 3 is 2.81 bits per heavy atom. The van der Waals surface area contributed by atoms with Gasteiger partial charge in [-0.3, -0.25) is 9.89 Å². The van der Waals surface area contributed by atoms with Gasteiger partial charge in [0.25, 0.3) is 5.91 Å². The fourth-order valence-electron chi connectivity index (χ4n) is 4.11. The molecule has 0 unspecified atom stereocenters. The van der Waals surface area contributed by atoms with Crippen molar-refractivity contribution in [3.8, 4) is 5.75 Å². The van der Waals surface area contributed by atoms with E-state index in [-0.39, 0.29) is 22.9 Å². The second-order valence-electron chi connectivity index (χ2n) is 8.35. The van der Waals surface area contributed by atoms with Crippen LogP contribution in [0.1, 0.15) is 36.5 Å². The second kappa shape index (κ2) is 7.12. The van der Waals surface area contributed by atoms with Crippen molar-refractivity contribution in [2.45, 2.75) is 39.0 Å². The monoisotopic (exact) mass is 417 g/mol. The molecule has 0 saturated heterocycles. The lowest BCUT2D eigenvalue weighted by atomic mass is 10.0. The third kappa shape index (κ3) is 3.48. The fraction of sp³-hybridized carbons (Fsp3) is 0.273. The number of ether oxygens (including phenoxy) is 1. The average Bonchev–Trinajstić information content (AvgIpc) is 3.40. The number of amides is 1. The first kappa shape index (κ1) is 19.1. The van der Waals surface area contributed by atoms with Crippen LogP contribution in [0.4, 0.5) is 11.4 Å². The maximum absolute atomic E-state index is 13.1. The van der Waals surface area contributed by atoms with Gasteiger partial charge in [0.15, 0.2) is 5.82 Å². The van der Waals surface area contributed by atoms with Gasteiger partial charge in [0, 0.05) is 48.8 Å². The highest BCUT2D eigenvalue weighted by molar-refractivity contribution is 6.24. The number of H-pyrrole nitrogens is 1. The van der Waals surface area contributed by atoms with Crippen LogP contribution in [0.25, 0.3) is 5.57 Å². The van der Waals surface area contributed by atoms with Crippen molar-refractivity contribution in [3.05, 3.63) is 65.6 Å². The van der Waals surface area contributed by atoms with E-state index in [2.05, 4.69) is 44.2 Å². The van der Waals surface area contributed by atoms with Crippen LogP contribution in [0.15, 0.2) is 43.0 Å². The molecule has 0 fully saturated rings. The van der Waals surface area contributed by atoms with Gasteiger partial charge in [0.1, 0.15) is 11.4 Å². The molecule has 2 aromatic heterocycles. The molecular formula is C22H23N7O2. The number of carbonyl (C=O) groups excluding carboxylic acids is 1. The van der Waals surface area contributed by atoms with E-state index in [9.17, 15) is 4.79 Å². The molecule has 4 N–H and O–H groups in total. The summed E-state index contributed by atoms with van der Waals surface area (Å²) < 4.78 is 6.14. The Kier molecular flexibility index (Phi) is 4.39. The average molecular weight is 417 g/mol. The molecule has 1 amide bonds. The number of aromatic amines is 1. The number of hydrogen-bond donors (Lipinski definition) is 3. The van der Waals surface area contributed by atoms with Crippen LogP contribution in [0.3, 0.4) is 0 Å². The van der Waals surface area contributed by atoms with Gasteiger partial charge >= 0.3 is 0 Å². The lowest BCUT2D eigenvalue weighted by Crippen LogP contribution is -2.24. The van der Waals surface area contributed by atoms with Crippen LogP contribution in [-0.2, 0) is 24.3 Å². The van der Waals surface area contributed by atoms with Crippen LogP contribution < -0.4 is 20.7 Å². The Morgan fingerprint density at radius 1 is 1.26 bits per heavy atom. The quantitative estimate of drug-likeness (QED) is 0.557. The number of carbonyl (C=O) groups is 1. The van der Waals surface area contributed by atoms with Crippen molar-refractivity contribution in [3.63, 3.8) is 0 Å². The van der Waals surface area contributed by atoms with E-state index in [0.717, 1.165) is 34.7 Å². The summed E-state index contributed by atoms with van der Waals surface area (Å²) in [5.41, 5.74) is 10.5. The first-order valence-electron chi connectivity index (χ1n) is 10.1. The first-order valence-corrected chi connectivity index (χ1v) is 10.1. The molecule has 2 aliphatic rings. The van der Waals surface area contributed by atoms with Gasteiger partial charge in [-0.25, -0.2) is 9.97 Å². The zero-order valence-corrected chi connectivity index (χ0v) is 17.3. The molecule has 0 aliphatic carbocycles. The summed E-state index contributed by atoms with van der Waals surface area (Å²) in [7, 11) is 0. The Bertz CT molecular complexity index is 1160. The van der Waals surface area contributed by atoms with Gasteiger partial charge in [-0.15, -0.1) is 0 Å². The van der Waals surface area contributed by atoms with Gasteiger partial charge in [-0.05, 0) is 26.0 Å². The molecule has 0 bridgehead atoms. The van der Waals surface area contributed by atoms with Crippen LogP contribution in [-0.4, -0.2) is 31.7 Å². The van der Waals surface area contributed by atoms with Crippen molar-refractivity contribution in [2.24, 2.45) is 5.73 Å². The molecule has 0 radical (unpaired) electrons. The van der Waals surface area contributed by atoms with Crippen molar-refractivity contribution in [1.82, 2.24) is 20.2 Å². The molecule has 2 aliphatic heterocycles. The number of fused-ring (bicyclic) bond motifs is 2. The summed E-state index contributed by atoms with van der Waals surface area (Å²) in [6.07, 6.45) is 6.98. The summed E-state index contributed by atoms with van der Waals surface area (Å²) in [4.78, 5) is 23.6. The summed E-state index contributed by atoms with van der Waals surface area (Å²) >= 11 is 0. The molecule has 5 rings (SSSR count). The van der Waals surface area contributed by atoms with E-state index in [0.29, 0.717) is 18.8 Å². The highest BCUT2D eigenvalue weighted by Crippen LogP contribution is 2.43. The van der Waals surface area contributed by atoms with Gasteiger partial charge in [0.2, 0.25) is 0 Å². The van der Waals surface area contributed by atoms with Crippen molar-refractivity contribution in [2.75, 3.05) is 10.2 Å². The predicted octanol–water partition coefficient (Wildman–Crippen LogP) is 2.37. The Morgan fingerprint density at radius 2 is 2.06 bits per heavy atom. The number of aromatic nitrogens is 4. The van der Waals surface area contributed by atoms with Crippen LogP contribution in [0.5, 0.6) is 5.75 Å². The second-order valence-corrected chi connectivity index (χ2v) is 8.35. The Balaban J connectivity index is 1.50. The molecule has 0 atom stereocenters. The smallest absolute Gasteiger partial charge is 0.261 e. The molecule has 4 heterocycles. The molecule has 0 spiro atoms. The Hall–Kier alpha value is -3.88. The Labute approximate surface area is 179 Å². The summed E-state index contributed by atoms with van der Waals surface area (Å²) in [6.45, 7) is 5.47. The number of hydrogen-bond acceptors (Lipinski definition) is 7. The largest absolute Gasteiger partial charge is 0.487 e. The van der Waals surface area contributed by atoms with Gasteiger partial charge in [0.05, 0.1) is 35.4 Å². The number of nitrogens with zero attached hydrogens (tertiary/aromatic N) is 4. The number of rotatable bonds is 4. The van der Waals surface area contributed by atoms with E-state index in [1.54, 1.807) is 18.5 Å². The molecule has 9 heteroatoms. The van der Waals surface area contributed by atoms with Crippen LogP contribution in [0, 0.1) is 0 Å². The molecule has 31 heavy (non-hydrogen) atoms. The van der Waals surface area contributed by atoms with Crippen LogP contribution in [0.2, 0.25) is 0 Å². The van der Waals surface area contributed by atoms with Crippen molar-refractivity contribution < 1.29 is 9.53 Å². The van der Waals surface area contributed by atoms with Gasteiger partial charge < -0.3 is 20.7 Å². The SMILES string of the molecule is CC1(C)Cc2cc(NC(=O)C(=CN)c3ncccn3)c(N3Cc4cn[nH]c4C3)cc2O1. The predicted molar refractivity (Wildman–Crippen MR) is 116 cm³/mol. The summed E-state index contributed by atoms with van der Waals surface area (Å²) in [5.74, 6) is 0.747. The third-order valence-electron chi connectivity index (χ3n) is 5.51. The highest BCUT2D eigenvalue weighted by Gasteiger charge is 2.33. The minimum atomic E-state index is -0.368. The summed E-state index contributed by atoms with van der Waals surface area (Å²) in [6, 6.07) is 5.68. The highest BCUT2D eigenvalue weighted by atomic mass is 16.5. The standard InChI is InChI=1S/C22H23N7O2/c1-22(2)8-13-6-16(27-21(30)15(9-23)20-24-4-3-5-25-20)18(7-19(13)31-22)29-11-14-10-26-28-17(14)12-29/h3-7,9-10H,8,11-12,23H2,1-2H3,(H,26,28)(H,27,30). The van der Waals surface area contributed by atoms with E-state index in [4.69, 9.17) is 10.5 Å². The normalized spacial score (nSPS) is 16.6. The van der Waals surface area contributed by atoms with E-state index in [1.807, 2.05) is 18.3 Å². The first-order chi connectivity index (χ1) is 14.9. The minimum Gasteiger partial charge on any atom is -0.487 e. The summed E-state index contributed by atoms with van der Waals surface area (Å²) in [5, 5.41) is 10.2.